The summed E-state index contributed by atoms with van der Waals surface area (Å²) in [5.41, 5.74) is 0.682. The minimum absolute atomic E-state index is 0.197. The normalized spacial score (nSPS) is 10.6. The summed E-state index contributed by atoms with van der Waals surface area (Å²) < 4.78 is 8.64. The summed E-state index contributed by atoms with van der Waals surface area (Å²) in [7, 11) is 0. The molecule has 0 saturated heterocycles. The average Bonchev–Trinajstić information content (AvgIpc) is 2.43. The van der Waals surface area contributed by atoms with Gasteiger partial charge in [-0.3, -0.25) is 0 Å². The summed E-state index contributed by atoms with van der Waals surface area (Å²) in [6, 6.07) is 3.82. The molecule has 1 rings (SSSR count). The fraction of sp³-hybridized carbons (Fsp3) is 0.533. The molecular weight excluding hydrogens is 593 g/mol. The summed E-state index contributed by atoms with van der Waals surface area (Å²) in [5, 5.41) is 0. The van der Waals surface area contributed by atoms with Gasteiger partial charge < -0.3 is 4.74 Å². The van der Waals surface area contributed by atoms with Crippen LogP contribution in [0.15, 0.2) is 12.1 Å². The summed E-state index contributed by atoms with van der Waals surface area (Å²) in [6.45, 7) is 2.75. The Labute approximate surface area is 162 Å². The molecule has 0 N–H and O–H groups in total. The topological polar surface area (TPSA) is 26.3 Å². The molecule has 0 radical (unpaired) electrons. The Kier molecular flexibility index (Phi) is 10.0. The third-order valence-electron chi connectivity index (χ3n) is 2.99. The van der Waals surface area contributed by atoms with Crippen LogP contribution >= 0.6 is 67.8 Å². The first kappa shape index (κ1) is 18.9. The molecule has 0 aromatic heterocycles. The van der Waals surface area contributed by atoms with Crippen molar-refractivity contribution in [1.82, 2.24) is 0 Å². The molecule has 0 heterocycles. The number of rotatable bonds is 8. The van der Waals surface area contributed by atoms with Crippen molar-refractivity contribution >= 4 is 73.7 Å². The molecule has 0 bridgehead atoms. The van der Waals surface area contributed by atoms with E-state index in [9.17, 15) is 4.79 Å². The monoisotopic (exact) mass is 612 g/mol. The highest BCUT2D eigenvalue weighted by Crippen LogP contribution is 2.25. The van der Waals surface area contributed by atoms with Crippen LogP contribution in [0.25, 0.3) is 0 Å². The Bertz CT molecular complexity index is 447. The van der Waals surface area contributed by atoms with E-state index in [1.807, 2.05) is 12.1 Å². The van der Waals surface area contributed by atoms with E-state index in [2.05, 4.69) is 74.7 Å². The number of ether oxygens (including phenoxy) is 1. The van der Waals surface area contributed by atoms with Crippen molar-refractivity contribution in [3.05, 3.63) is 28.4 Å². The Hall–Kier alpha value is 0.880. The first-order valence-corrected chi connectivity index (χ1v) is 10.1. The largest absolute Gasteiger partial charge is 0.462 e. The number of carbonyl (C=O) groups is 1. The van der Waals surface area contributed by atoms with Gasteiger partial charge in [0.05, 0.1) is 12.2 Å². The van der Waals surface area contributed by atoms with E-state index in [1.165, 1.54) is 29.3 Å². The van der Waals surface area contributed by atoms with Crippen molar-refractivity contribution in [3.8, 4) is 0 Å². The van der Waals surface area contributed by atoms with E-state index in [-0.39, 0.29) is 5.97 Å². The van der Waals surface area contributed by atoms with Gasteiger partial charge in [-0.05, 0) is 86.3 Å². The highest BCUT2D eigenvalue weighted by Gasteiger charge is 2.15. The van der Waals surface area contributed by atoms with Gasteiger partial charge in [0, 0.05) is 10.7 Å². The smallest absolute Gasteiger partial charge is 0.339 e. The maximum absolute atomic E-state index is 12.0. The Morgan fingerprint density at radius 2 is 1.65 bits per heavy atom. The third-order valence-corrected chi connectivity index (χ3v) is 8.19. The van der Waals surface area contributed by atoms with Gasteiger partial charge in [0.1, 0.15) is 0 Å². The van der Waals surface area contributed by atoms with E-state index >= 15 is 0 Å². The molecule has 0 atom stereocenters. The minimum Gasteiger partial charge on any atom is -0.462 e. The average molecular weight is 612 g/mol. The number of hydrogen-bond donors (Lipinski definition) is 0. The lowest BCUT2D eigenvalue weighted by atomic mass is 10.1. The quantitative estimate of drug-likeness (QED) is 0.156. The van der Waals surface area contributed by atoms with Gasteiger partial charge in [-0.2, -0.15) is 0 Å². The summed E-state index contributed by atoms with van der Waals surface area (Å²) in [5.74, 6) is -0.197. The highest BCUT2D eigenvalue weighted by molar-refractivity contribution is 14.1. The number of esters is 1. The van der Waals surface area contributed by atoms with Gasteiger partial charge in [-0.15, -0.1) is 0 Å². The molecule has 2 nitrogen and oxygen atoms in total. The Morgan fingerprint density at radius 1 is 1.00 bits per heavy atom. The van der Waals surface area contributed by atoms with Crippen LogP contribution in [-0.4, -0.2) is 12.6 Å². The molecule has 5 heteroatoms. The number of benzene rings is 1. The van der Waals surface area contributed by atoms with Gasteiger partial charge in [0.25, 0.3) is 0 Å². The SMILES string of the molecule is CCCCCCCCOC(=O)c1ccc(I)c(I)c1I. The second-order valence-electron chi connectivity index (χ2n) is 4.63. The molecule has 0 fully saturated rings. The van der Waals surface area contributed by atoms with Gasteiger partial charge in [0.2, 0.25) is 0 Å². The first-order valence-electron chi connectivity index (χ1n) is 6.88. The van der Waals surface area contributed by atoms with Crippen LogP contribution < -0.4 is 0 Å². The number of unbranched alkanes of at least 4 members (excludes halogenated alkanes) is 5. The van der Waals surface area contributed by atoms with Crippen molar-refractivity contribution in [2.24, 2.45) is 0 Å². The zero-order valence-corrected chi connectivity index (χ0v) is 18.0. The third kappa shape index (κ3) is 6.33. The summed E-state index contributed by atoms with van der Waals surface area (Å²) in [6.07, 6.45) is 7.21. The number of halogens is 3. The molecule has 20 heavy (non-hydrogen) atoms. The van der Waals surface area contributed by atoms with E-state index in [4.69, 9.17) is 4.74 Å². The molecule has 0 saturated carbocycles. The van der Waals surface area contributed by atoms with Crippen molar-refractivity contribution < 1.29 is 9.53 Å². The van der Waals surface area contributed by atoms with Crippen LogP contribution in [0.5, 0.6) is 0 Å². The van der Waals surface area contributed by atoms with Crippen LogP contribution in [0, 0.1) is 10.7 Å². The predicted molar refractivity (Wildman–Crippen MR) is 108 cm³/mol. The van der Waals surface area contributed by atoms with Crippen molar-refractivity contribution in [1.29, 1.82) is 0 Å². The Balaban J connectivity index is 2.35. The van der Waals surface area contributed by atoms with Crippen LogP contribution in [0.1, 0.15) is 55.8 Å². The molecule has 0 unspecified atom stereocenters. The second-order valence-corrected chi connectivity index (χ2v) is 7.95. The molecule has 0 spiro atoms. The maximum atomic E-state index is 12.0. The number of carbonyl (C=O) groups excluding carboxylic acids is 1. The Morgan fingerprint density at radius 3 is 2.35 bits per heavy atom. The molecule has 0 aliphatic heterocycles. The predicted octanol–water partition coefficient (Wildman–Crippen LogP) is 6.02. The zero-order chi connectivity index (χ0) is 15.0. The lowest BCUT2D eigenvalue weighted by Crippen LogP contribution is -2.09. The van der Waals surface area contributed by atoms with Gasteiger partial charge in [-0.1, -0.05) is 39.0 Å². The standard InChI is InChI=1S/C15H19I3O2/c1-2-3-4-5-6-7-10-20-15(19)11-8-9-12(16)14(18)13(11)17/h8-9H,2-7,10H2,1H3. The molecular formula is C15H19I3O2. The molecule has 0 amide bonds. The van der Waals surface area contributed by atoms with Crippen LogP contribution in [0.4, 0.5) is 0 Å². The summed E-state index contributed by atoms with van der Waals surface area (Å²) >= 11 is 6.76. The van der Waals surface area contributed by atoms with Crippen LogP contribution in [-0.2, 0) is 4.74 Å². The van der Waals surface area contributed by atoms with Gasteiger partial charge in [-0.25, -0.2) is 4.79 Å². The van der Waals surface area contributed by atoms with E-state index in [0.29, 0.717) is 12.2 Å². The second kappa shape index (κ2) is 10.6. The summed E-state index contributed by atoms with van der Waals surface area (Å²) in [4.78, 5) is 12.0. The molecule has 1 aromatic rings. The molecule has 0 aliphatic carbocycles. The lowest BCUT2D eigenvalue weighted by molar-refractivity contribution is 0.0496. The van der Waals surface area contributed by atoms with Crippen LogP contribution in [0.3, 0.4) is 0 Å². The van der Waals surface area contributed by atoms with Crippen molar-refractivity contribution in [3.63, 3.8) is 0 Å². The minimum atomic E-state index is -0.197. The molecule has 0 aliphatic rings. The van der Waals surface area contributed by atoms with Gasteiger partial charge >= 0.3 is 5.97 Å². The van der Waals surface area contributed by atoms with E-state index < -0.39 is 0 Å². The van der Waals surface area contributed by atoms with Crippen LogP contribution in [0.2, 0.25) is 0 Å². The molecule has 1 aromatic carbocycles. The fourth-order valence-corrected chi connectivity index (χ4v) is 3.93. The highest BCUT2D eigenvalue weighted by atomic mass is 127. The van der Waals surface area contributed by atoms with E-state index in [0.717, 1.165) is 20.0 Å². The lowest BCUT2D eigenvalue weighted by Gasteiger charge is -2.08. The first-order chi connectivity index (χ1) is 9.57. The maximum Gasteiger partial charge on any atom is 0.339 e. The fourth-order valence-electron chi connectivity index (χ4n) is 1.81. The van der Waals surface area contributed by atoms with E-state index in [1.54, 1.807) is 0 Å². The van der Waals surface area contributed by atoms with Crippen molar-refractivity contribution in [2.45, 2.75) is 45.4 Å². The van der Waals surface area contributed by atoms with Crippen molar-refractivity contribution in [2.75, 3.05) is 6.61 Å². The van der Waals surface area contributed by atoms with Gasteiger partial charge in [0.15, 0.2) is 0 Å². The molecule has 112 valence electrons. The number of hydrogen-bond acceptors (Lipinski definition) is 2. The zero-order valence-electron chi connectivity index (χ0n) is 11.6.